The molecule has 148 valence electrons. The van der Waals surface area contributed by atoms with E-state index in [1.165, 1.54) is 18.2 Å². The summed E-state index contributed by atoms with van der Waals surface area (Å²) < 4.78 is 0. The van der Waals surface area contributed by atoms with E-state index in [4.69, 9.17) is 11.6 Å². The molecule has 0 saturated heterocycles. The SMILES string of the molecule is Cc1c(Cl)cccc1NC(=O)/C(C#N)=C\c1cc(N=Nc2ccccc2)ccc1O. The molecule has 0 unspecified atom stereocenters. The number of carbonyl (C=O) groups is 1. The molecule has 0 atom stereocenters. The van der Waals surface area contributed by atoms with Gasteiger partial charge in [0.15, 0.2) is 0 Å². The summed E-state index contributed by atoms with van der Waals surface area (Å²) in [4.78, 5) is 12.5. The van der Waals surface area contributed by atoms with E-state index in [0.29, 0.717) is 27.6 Å². The van der Waals surface area contributed by atoms with E-state index in [0.717, 1.165) is 0 Å². The van der Waals surface area contributed by atoms with E-state index in [1.54, 1.807) is 43.3 Å². The van der Waals surface area contributed by atoms with Crippen LogP contribution in [-0.4, -0.2) is 11.0 Å². The first-order valence-electron chi connectivity index (χ1n) is 8.96. The Kier molecular flexibility index (Phi) is 6.58. The first kappa shape index (κ1) is 20.8. The normalized spacial score (nSPS) is 11.3. The molecule has 0 heterocycles. The van der Waals surface area contributed by atoms with Crippen LogP contribution in [0.1, 0.15) is 11.1 Å². The predicted octanol–water partition coefficient (Wildman–Crippen LogP) is 6.32. The zero-order valence-electron chi connectivity index (χ0n) is 16.0. The standard InChI is InChI=1S/C23H17ClN4O2/c1-15-20(24)8-5-9-21(15)26-23(30)17(14-25)12-16-13-19(10-11-22(16)29)28-27-18-6-3-2-4-7-18/h2-13,29H,1H3,(H,26,30)/b17-12-,28-27?. The van der Waals surface area contributed by atoms with Crippen LogP contribution in [0.15, 0.2) is 82.5 Å². The van der Waals surface area contributed by atoms with Crippen LogP contribution in [0.2, 0.25) is 5.02 Å². The first-order valence-corrected chi connectivity index (χ1v) is 9.34. The van der Waals surface area contributed by atoms with E-state index in [2.05, 4.69) is 15.5 Å². The Balaban J connectivity index is 1.86. The van der Waals surface area contributed by atoms with Crippen molar-refractivity contribution in [2.75, 3.05) is 5.32 Å². The average Bonchev–Trinajstić information content (AvgIpc) is 2.76. The number of nitrogens with one attached hydrogen (secondary N) is 1. The summed E-state index contributed by atoms with van der Waals surface area (Å²) in [6, 6.07) is 20.7. The monoisotopic (exact) mass is 416 g/mol. The van der Waals surface area contributed by atoms with Gasteiger partial charge in [-0.05, 0) is 61.0 Å². The fraction of sp³-hybridized carbons (Fsp3) is 0.0435. The van der Waals surface area contributed by atoms with Gasteiger partial charge in [-0.25, -0.2) is 0 Å². The number of hydrogen-bond donors (Lipinski definition) is 2. The molecule has 0 aliphatic heterocycles. The van der Waals surface area contributed by atoms with Crippen LogP contribution in [-0.2, 0) is 4.79 Å². The van der Waals surface area contributed by atoms with E-state index < -0.39 is 5.91 Å². The van der Waals surface area contributed by atoms with Gasteiger partial charge in [-0.1, -0.05) is 35.9 Å². The number of rotatable bonds is 5. The van der Waals surface area contributed by atoms with Gasteiger partial charge in [0.05, 0.1) is 11.4 Å². The van der Waals surface area contributed by atoms with Crippen LogP contribution < -0.4 is 5.32 Å². The lowest BCUT2D eigenvalue weighted by molar-refractivity contribution is -0.112. The van der Waals surface area contributed by atoms with Crippen molar-refractivity contribution in [2.45, 2.75) is 6.92 Å². The van der Waals surface area contributed by atoms with Crippen molar-refractivity contribution < 1.29 is 9.90 Å². The van der Waals surface area contributed by atoms with Gasteiger partial charge < -0.3 is 10.4 Å². The van der Waals surface area contributed by atoms with Crippen LogP contribution in [0, 0.1) is 18.3 Å². The summed E-state index contributed by atoms with van der Waals surface area (Å²) in [5.74, 6) is -0.702. The number of hydrogen-bond acceptors (Lipinski definition) is 5. The number of azo groups is 1. The molecule has 6 nitrogen and oxygen atoms in total. The van der Waals surface area contributed by atoms with Crippen molar-refractivity contribution in [3.63, 3.8) is 0 Å². The quantitative estimate of drug-likeness (QED) is 0.289. The molecule has 0 aromatic heterocycles. The lowest BCUT2D eigenvalue weighted by atomic mass is 10.1. The molecule has 3 aromatic rings. The fourth-order valence-electron chi connectivity index (χ4n) is 2.57. The van der Waals surface area contributed by atoms with Gasteiger partial charge in [0.25, 0.3) is 5.91 Å². The molecule has 0 spiro atoms. The molecule has 7 heteroatoms. The van der Waals surface area contributed by atoms with Crippen molar-refractivity contribution in [2.24, 2.45) is 10.2 Å². The number of phenolic OH excluding ortho intramolecular Hbond substituents is 1. The molecule has 0 radical (unpaired) electrons. The van der Waals surface area contributed by atoms with E-state index in [9.17, 15) is 15.2 Å². The summed E-state index contributed by atoms with van der Waals surface area (Å²) in [6.07, 6.45) is 1.30. The average molecular weight is 417 g/mol. The van der Waals surface area contributed by atoms with Crippen molar-refractivity contribution in [1.29, 1.82) is 5.26 Å². The minimum Gasteiger partial charge on any atom is -0.507 e. The zero-order valence-corrected chi connectivity index (χ0v) is 16.8. The van der Waals surface area contributed by atoms with E-state index in [1.807, 2.05) is 24.3 Å². The number of amides is 1. The first-order chi connectivity index (χ1) is 14.5. The summed E-state index contributed by atoms with van der Waals surface area (Å²) >= 11 is 6.07. The third-order valence-electron chi connectivity index (χ3n) is 4.23. The molecular formula is C23H17ClN4O2. The number of benzene rings is 3. The van der Waals surface area contributed by atoms with Gasteiger partial charge in [-0.15, -0.1) is 0 Å². The van der Waals surface area contributed by atoms with Crippen LogP contribution in [0.5, 0.6) is 5.75 Å². The minimum atomic E-state index is -0.612. The third-order valence-corrected chi connectivity index (χ3v) is 4.64. The summed E-state index contributed by atoms with van der Waals surface area (Å²) in [7, 11) is 0. The number of carbonyl (C=O) groups excluding carboxylic acids is 1. The molecule has 0 bridgehead atoms. The lowest BCUT2D eigenvalue weighted by Gasteiger charge is -2.09. The Hall–Kier alpha value is -3.95. The van der Waals surface area contributed by atoms with E-state index >= 15 is 0 Å². The van der Waals surface area contributed by atoms with Crippen molar-refractivity contribution in [3.05, 3.63) is 88.5 Å². The zero-order chi connectivity index (χ0) is 21.5. The van der Waals surface area contributed by atoms with E-state index in [-0.39, 0.29) is 16.9 Å². The summed E-state index contributed by atoms with van der Waals surface area (Å²) in [6.45, 7) is 1.76. The number of anilines is 1. The molecule has 3 aromatic carbocycles. The number of nitriles is 1. The highest BCUT2D eigenvalue weighted by atomic mass is 35.5. The Bertz CT molecular complexity index is 1180. The molecule has 1 amide bonds. The van der Waals surface area contributed by atoms with Gasteiger partial charge in [0.1, 0.15) is 17.4 Å². The van der Waals surface area contributed by atoms with Gasteiger partial charge in [-0.2, -0.15) is 15.5 Å². The van der Waals surface area contributed by atoms with Gasteiger partial charge in [-0.3, -0.25) is 4.79 Å². The number of halogens is 1. The second-order valence-corrected chi connectivity index (χ2v) is 6.72. The Labute approximate surface area is 178 Å². The largest absolute Gasteiger partial charge is 0.507 e. The summed E-state index contributed by atoms with van der Waals surface area (Å²) in [5.41, 5.74) is 2.43. The van der Waals surface area contributed by atoms with Crippen LogP contribution in [0.25, 0.3) is 6.08 Å². The second kappa shape index (κ2) is 9.50. The molecule has 0 saturated carbocycles. The molecule has 0 aliphatic carbocycles. The summed E-state index contributed by atoms with van der Waals surface area (Å²) in [5, 5.41) is 31.0. The second-order valence-electron chi connectivity index (χ2n) is 6.32. The lowest BCUT2D eigenvalue weighted by Crippen LogP contribution is -2.14. The molecular weight excluding hydrogens is 400 g/mol. The highest BCUT2D eigenvalue weighted by Crippen LogP contribution is 2.28. The number of nitrogens with zero attached hydrogens (tertiary/aromatic N) is 3. The van der Waals surface area contributed by atoms with Crippen molar-refractivity contribution >= 4 is 40.6 Å². The molecule has 3 rings (SSSR count). The van der Waals surface area contributed by atoms with Gasteiger partial charge in [0.2, 0.25) is 0 Å². The minimum absolute atomic E-state index is 0.0897. The van der Waals surface area contributed by atoms with Crippen molar-refractivity contribution in [3.8, 4) is 11.8 Å². The fourth-order valence-corrected chi connectivity index (χ4v) is 2.74. The van der Waals surface area contributed by atoms with Gasteiger partial charge >= 0.3 is 0 Å². The highest BCUT2D eigenvalue weighted by Gasteiger charge is 2.13. The molecule has 2 N–H and O–H groups in total. The molecule has 30 heavy (non-hydrogen) atoms. The molecule has 0 aliphatic rings. The maximum Gasteiger partial charge on any atom is 0.266 e. The van der Waals surface area contributed by atoms with Crippen LogP contribution >= 0.6 is 11.6 Å². The number of phenols is 1. The van der Waals surface area contributed by atoms with Crippen LogP contribution in [0.3, 0.4) is 0 Å². The van der Waals surface area contributed by atoms with Crippen LogP contribution in [0.4, 0.5) is 17.1 Å². The Morgan fingerprint density at radius 3 is 2.53 bits per heavy atom. The maximum atomic E-state index is 12.5. The Morgan fingerprint density at radius 2 is 1.80 bits per heavy atom. The smallest absolute Gasteiger partial charge is 0.266 e. The third kappa shape index (κ3) is 5.10. The topological polar surface area (TPSA) is 97.8 Å². The maximum absolute atomic E-state index is 12.5. The van der Waals surface area contributed by atoms with Crippen molar-refractivity contribution in [1.82, 2.24) is 0 Å². The predicted molar refractivity (Wildman–Crippen MR) is 117 cm³/mol. The molecule has 0 fully saturated rings. The highest BCUT2D eigenvalue weighted by molar-refractivity contribution is 6.31. The Morgan fingerprint density at radius 1 is 1.07 bits per heavy atom. The van der Waals surface area contributed by atoms with Gasteiger partial charge in [0, 0.05) is 16.3 Å². The number of aromatic hydroxyl groups is 1.